The molecular formula is C21H18FNO5S. The summed E-state index contributed by atoms with van der Waals surface area (Å²) in [5, 5.41) is 0.570. The van der Waals surface area contributed by atoms with Gasteiger partial charge in [0, 0.05) is 23.5 Å². The second-order valence-electron chi connectivity index (χ2n) is 7.07. The summed E-state index contributed by atoms with van der Waals surface area (Å²) in [4.78, 5) is 27.0. The molecule has 2 aromatic carbocycles. The number of carbonyl (C=O) groups excluding carboxylic acids is 1. The summed E-state index contributed by atoms with van der Waals surface area (Å²) in [5.74, 6) is -1.44. The molecule has 1 aliphatic rings. The van der Waals surface area contributed by atoms with Crippen molar-refractivity contribution in [3.05, 3.63) is 82.0 Å². The van der Waals surface area contributed by atoms with Crippen molar-refractivity contribution >= 4 is 26.7 Å². The molecule has 1 aliphatic heterocycles. The first-order chi connectivity index (χ1) is 13.8. The zero-order valence-corrected chi connectivity index (χ0v) is 16.2. The van der Waals surface area contributed by atoms with Crippen LogP contribution in [0, 0.1) is 5.82 Å². The van der Waals surface area contributed by atoms with Crippen molar-refractivity contribution in [3.63, 3.8) is 0 Å². The van der Waals surface area contributed by atoms with Crippen LogP contribution in [0.3, 0.4) is 0 Å². The van der Waals surface area contributed by atoms with Crippen molar-refractivity contribution in [2.24, 2.45) is 0 Å². The highest BCUT2D eigenvalue weighted by molar-refractivity contribution is 7.91. The number of amides is 1. The van der Waals surface area contributed by atoms with E-state index < -0.39 is 33.2 Å². The van der Waals surface area contributed by atoms with Gasteiger partial charge in [-0.3, -0.25) is 4.79 Å². The second-order valence-corrected chi connectivity index (χ2v) is 9.30. The number of sulfone groups is 1. The quantitative estimate of drug-likeness (QED) is 0.612. The van der Waals surface area contributed by atoms with Crippen molar-refractivity contribution in [2.45, 2.75) is 19.0 Å². The van der Waals surface area contributed by atoms with E-state index in [0.717, 1.165) is 0 Å². The number of rotatable bonds is 4. The van der Waals surface area contributed by atoms with Gasteiger partial charge in [-0.25, -0.2) is 17.6 Å². The van der Waals surface area contributed by atoms with Crippen molar-refractivity contribution in [1.29, 1.82) is 0 Å². The molecule has 29 heavy (non-hydrogen) atoms. The highest BCUT2D eigenvalue weighted by atomic mass is 32.2. The molecule has 1 atom stereocenters. The molecule has 8 heteroatoms. The van der Waals surface area contributed by atoms with Crippen LogP contribution in [0.5, 0.6) is 0 Å². The summed E-state index contributed by atoms with van der Waals surface area (Å²) < 4.78 is 43.4. The van der Waals surface area contributed by atoms with Crippen LogP contribution in [0.15, 0.2) is 63.8 Å². The third-order valence-electron chi connectivity index (χ3n) is 5.08. The standard InChI is InChI=1S/C21H18FNO5S/c22-18-7-3-1-6-15(18)12-23(16-9-10-29(26,27)13-16)20(24)17-11-14-5-2-4-8-19(14)28-21(17)25/h1-8,11,16H,9-10,12-13H2/t16-/m1/s1. The van der Waals surface area contributed by atoms with Gasteiger partial charge in [0.2, 0.25) is 0 Å². The minimum Gasteiger partial charge on any atom is -0.422 e. The average molecular weight is 415 g/mol. The minimum absolute atomic E-state index is 0.0505. The minimum atomic E-state index is -3.29. The highest BCUT2D eigenvalue weighted by Gasteiger charge is 2.36. The smallest absolute Gasteiger partial charge is 0.349 e. The zero-order chi connectivity index (χ0) is 20.6. The van der Waals surface area contributed by atoms with E-state index in [1.807, 2.05) is 0 Å². The van der Waals surface area contributed by atoms with Gasteiger partial charge in [0.1, 0.15) is 17.0 Å². The van der Waals surface area contributed by atoms with E-state index in [4.69, 9.17) is 4.42 Å². The number of carbonyl (C=O) groups is 1. The molecule has 150 valence electrons. The molecule has 0 N–H and O–H groups in total. The highest BCUT2D eigenvalue weighted by Crippen LogP contribution is 2.23. The van der Waals surface area contributed by atoms with Crippen molar-refractivity contribution in [3.8, 4) is 0 Å². The van der Waals surface area contributed by atoms with Crippen LogP contribution in [0.1, 0.15) is 22.3 Å². The number of hydrogen-bond acceptors (Lipinski definition) is 5. The maximum atomic E-state index is 14.2. The Bertz CT molecular complexity index is 1250. The summed E-state index contributed by atoms with van der Waals surface area (Å²) >= 11 is 0. The molecule has 0 bridgehead atoms. The van der Waals surface area contributed by atoms with E-state index in [-0.39, 0.29) is 35.6 Å². The summed E-state index contributed by atoms with van der Waals surface area (Å²) in [6, 6.07) is 13.5. The van der Waals surface area contributed by atoms with Gasteiger partial charge in [0.25, 0.3) is 5.91 Å². The predicted molar refractivity (Wildman–Crippen MR) is 106 cm³/mol. The fourth-order valence-electron chi connectivity index (χ4n) is 3.56. The molecule has 0 saturated carbocycles. The molecule has 2 heterocycles. The third kappa shape index (κ3) is 3.93. The second kappa shape index (κ2) is 7.44. The van der Waals surface area contributed by atoms with Crippen LogP contribution in [0.4, 0.5) is 4.39 Å². The van der Waals surface area contributed by atoms with E-state index in [1.54, 1.807) is 30.3 Å². The topological polar surface area (TPSA) is 84.7 Å². The Hall–Kier alpha value is -3.00. The van der Waals surface area contributed by atoms with Crippen molar-refractivity contribution in [1.82, 2.24) is 4.90 Å². The molecular weight excluding hydrogens is 397 g/mol. The Morgan fingerprint density at radius 1 is 1.14 bits per heavy atom. The van der Waals surface area contributed by atoms with Gasteiger partial charge in [-0.2, -0.15) is 0 Å². The maximum absolute atomic E-state index is 14.2. The van der Waals surface area contributed by atoms with Crippen LogP contribution < -0.4 is 5.63 Å². The molecule has 0 aliphatic carbocycles. The fraction of sp³-hybridized carbons (Fsp3) is 0.238. The summed E-state index contributed by atoms with van der Waals surface area (Å²) in [6.07, 6.45) is 0.238. The van der Waals surface area contributed by atoms with E-state index in [9.17, 15) is 22.4 Å². The first kappa shape index (κ1) is 19.3. The summed E-state index contributed by atoms with van der Waals surface area (Å²) in [5.41, 5.74) is -0.425. The van der Waals surface area contributed by atoms with Gasteiger partial charge in [-0.1, -0.05) is 36.4 Å². The molecule has 1 amide bonds. The Labute approximate surface area is 166 Å². The molecule has 1 aromatic heterocycles. The fourth-order valence-corrected chi connectivity index (χ4v) is 5.29. The third-order valence-corrected chi connectivity index (χ3v) is 6.83. The van der Waals surface area contributed by atoms with E-state index in [0.29, 0.717) is 11.0 Å². The molecule has 1 saturated heterocycles. The first-order valence-corrected chi connectivity index (χ1v) is 10.9. The summed E-state index contributed by atoms with van der Waals surface area (Å²) in [7, 11) is -3.29. The average Bonchev–Trinajstić information content (AvgIpc) is 3.05. The SMILES string of the molecule is O=C(c1cc2ccccc2oc1=O)N(Cc1ccccc1F)[C@@H]1CCS(=O)(=O)C1. The molecule has 4 rings (SSSR count). The lowest BCUT2D eigenvalue weighted by Crippen LogP contribution is -2.42. The van der Waals surface area contributed by atoms with E-state index in [2.05, 4.69) is 0 Å². The number of hydrogen-bond donors (Lipinski definition) is 0. The lowest BCUT2D eigenvalue weighted by molar-refractivity contribution is 0.0675. The summed E-state index contributed by atoms with van der Waals surface area (Å²) in [6.45, 7) is -0.141. The van der Waals surface area contributed by atoms with Crippen LogP contribution in [-0.2, 0) is 16.4 Å². The van der Waals surface area contributed by atoms with Crippen LogP contribution in [0.25, 0.3) is 11.0 Å². The monoisotopic (exact) mass is 415 g/mol. The predicted octanol–water partition coefficient (Wildman–Crippen LogP) is 2.76. The number of halogens is 1. The number of nitrogens with zero attached hydrogens (tertiary/aromatic N) is 1. The first-order valence-electron chi connectivity index (χ1n) is 9.12. The molecule has 6 nitrogen and oxygen atoms in total. The van der Waals surface area contributed by atoms with Crippen LogP contribution in [-0.4, -0.2) is 36.8 Å². The lowest BCUT2D eigenvalue weighted by Gasteiger charge is -2.28. The molecule has 0 radical (unpaired) electrons. The van der Waals surface area contributed by atoms with Crippen LogP contribution in [0.2, 0.25) is 0 Å². The molecule has 3 aromatic rings. The zero-order valence-electron chi connectivity index (χ0n) is 15.4. The van der Waals surface area contributed by atoms with Gasteiger partial charge in [0.15, 0.2) is 9.84 Å². The molecule has 0 unspecified atom stereocenters. The Morgan fingerprint density at radius 3 is 2.59 bits per heavy atom. The molecule has 1 fully saturated rings. The van der Waals surface area contributed by atoms with Gasteiger partial charge < -0.3 is 9.32 Å². The van der Waals surface area contributed by atoms with Gasteiger partial charge in [-0.15, -0.1) is 0 Å². The van der Waals surface area contributed by atoms with Crippen LogP contribution >= 0.6 is 0 Å². The van der Waals surface area contributed by atoms with E-state index >= 15 is 0 Å². The Morgan fingerprint density at radius 2 is 1.86 bits per heavy atom. The number of fused-ring (bicyclic) bond motifs is 1. The maximum Gasteiger partial charge on any atom is 0.349 e. The van der Waals surface area contributed by atoms with E-state index in [1.165, 1.54) is 29.2 Å². The Balaban J connectivity index is 1.76. The molecule has 0 spiro atoms. The lowest BCUT2D eigenvalue weighted by atomic mass is 10.1. The number of para-hydroxylation sites is 1. The van der Waals surface area contributed by atoms with Crippen molar-refractivity contribution < 1.29 is 22.0 Å². The van der Waals surface area contributed by atoms with Crippen molar-refractivity contribution in [2.75, 3.05) is 11.5 Å². The number of benzene rings is 2. The van der Waals surface area contributed by atoms with Gasteiger partial charge >= 0.3 is 5.63 Å². The van der Waals surface area contributed by atoms with Gasteiger partial charge in [-0.05, 0) is 24.6 Å². The Kier molecular flexibility index (Phi) is 4.96. The largest absolute Gasteiger partial charge is 0.422 e. The van der Waals surface area contributed by atoms with Gasteiger partial charge in [0.05, 0.1) is 11.5 Å². The normalized spacial score (nSPS) is 18.0.